The molecule has 94 valence electrons. The molecule has 17 heavy (non-hydrogen) atoms. The molecule has 0 spiro atoms. The molecule has 0 aromatic rings. The Kier molecular flexibility index (Phi) is 2.51. The molecule has 2 unspecified atom stereocenters. The van der Waals surface area contributed by atoms with Crippen LogP contribution < -0.4 is 0 Å². The molecule has 4 aliphatic carbocycles. The Morgan fingerprint density at radius 2 is 1.94 bits per heavy atom. The minimum atomic E-state index is -0.403. The lowest BCUT2D eigenvalue weighted by atomic mass is 9.49. The number of ether oxygens (including phenoxy) is 1. The number of Topliss-reactive ketones (excluding diaryl/α,β-unsaturated/α-hetero) is 1. The van der Waals surface area contributed by atoms with E-state index in [1.165, 1.54) is 0 Å². The summed E-state index contributed by atoms with van der Waals surface area (Å²) >= 11 is 0. The van der Waals surface area contributed by atoms with Crippen LogP contribution in [0.25, 0.3) is 0 Å². The summed E-state index contributed by atoms with van der Waals surface area (Å²) in [6.45, 7) is -0.0500. The van der Waals surface area contributed by atoms with Crippen LogP contribution in [0.1, 0.15) is 32.1 Å². The maximum Gasteiger partial charge on any atom is 0.312 e. The second kappa shape index (κ2) is 3.80. The van der Waals surface area contributed by atoms with Gasteiger partial charge in [-0.3, -0.25) is 9.59 Å². The van der Waals surface area contributed by atoms with Crippen molar-refractivity contribution in [2.24, 2.45) is 23.2 Å². The largest absolute Gasteiger partial charge is 0.463 e. The molecular formula is C13H18O4. The fourth-order valence-corrected chi connectivity index (χ4v) is 4.29. The fraction of sp³-hybridized carbons (Fsp3) is 0.846. The fourth-order valence-electron chi connectivity index (χ4n) is 4.29. The van der Waals surface area contributed by atoms with E-state index in [1.54, 1.807) is 0 Å². The molecule has 2 atom stereocenters. The average molecular weight is 238 g/mol. The predicted octanol–water partition coefficient (Wildman–Crippen LogP) is 0.917. The van der Waals surface area contributed by atoms with Crippen LogP contribution in [0.15, 0.2) is 0 Å². The van der Waals surface area contributed by atoms with Gasteiger partial charge in [-0.1, -0.05) is 0 Å². The van der Waals surface area contributed by atoms with E-state index in [9.17, 15) is 9.59 Å². The van der Waals surface area contributed by atoms with Crippen molar-refractivity contribution in [1.29, 1.82) is 0 Å². The second-order valence-electron chi connectivity index (χ2n) is 5.89. The number of hydrogen-bond donors (Lipinski definition) is 1. The van der Waals surface area contributed by atoms with Gasteiger partial charge in [0, 0.05) is 11.8 Å². The van der Waals surface area contributed by atoms with E-state index in [0.29, 0.717) is 24.5 Å². The van der Waals surface area contributed by atoms with Gasteiger partial charge in [0.25, 0.3) is 0 Å². The molecule has 1 N–H and O–H groups in total. The normalized spacial score (nSPS) is 42.9. The highest BCUT2D eigenvalue weighted by Gasteiger charge is 2.58. The Labute approximate surface area is 100 Å². The van der Waals surface area contributed by atoms with Crippen LogP contribution in [-0.2, 0) is 14.3 Å². The zero-order valence-corrected chi connectivity index (χ0v) is 9.85. The molecular weight excluding hydrogens is 220 g/mol. The second-order valence-corrected chi connectivity index (χ2v) is 5.89. The molecule has 0 aromatic heterocycles. The summed E-state index contributed by atoms with van der Waals surface area (Å²) in [4.78, 5) is 24.1. The Bertz CT molecular complexity index is 344. The van der Waals surface area contributed by atoms with Crippen molar-refractivity contribution >= 4 is 11.8 Å². The number of ketones is 1. The summed E-state index contributed by atoms with van der Waals surface area (Å²) in [7, 11) is 0. The molecule has 4 bridgehead atoms. The Balaban J connectivity index is 1.80. The van der Waals surface area contributed by atoms with Gasteiger partial charge in [0.15, 0.2) is 0 Å². The Morgan fingerprint density at radius 3 is 2.53 bits per heavy atom. The van der Waals surface area contributed by atoms with E-state index in [1.807, 2.05) is 0 Å². The number of carbonyl (C=O) groups is 2. The van der Waals surface area contributed by atoms with E-state index in [4.69, 9.17) is 9.84 Å². The lowest BCUT2D eigenvalue weighted by molar-refractivity contribution is -0.175. The van der Waals surface area contributed by atoms with E-state index in [-0.39, 0.29) is 31.0 Å². The van der Waals surface area contributed by atoms with E-state index in [2.05, 4.69) is 0 Å². The predicted molar refractivity (Wildman–Crippen MR) is 59.0 cm³/mol. The number of esters is 1. The van der Waals surface area contributed by atoms with Gasteiger partial charge in [0.05, 0.1) is 12.0 Å². The average Bonchev–Trinajstić information content (AvgIpc) is 2.31. The maximum absolute atomic E-state index is 12.1. The zero-order chi connectivity index (χ0) is 12.0. The highest BCUT2D eigenvalue weighted by molar-refractivity contribution is 5.89. The van der Waals surface area contributed by atoms with Crippen molar-refractivity contribution < 1.29 is 19.4 Å². The molecule has 4 fully saturated rings. The number of hydrogen-bond acceptors (Lipinski definition) is 4. The van der Waals surface area contributed by atoms with Crippen LogP contribution in [0.2, 0.25) is 0 Å². The van der Waals surface area contributed by atoms with Gasteiger partial charge < -0.3 is 9.84 Å². The Morgan fingerprint density at radius 1 is 1.29 bits per heavy atom. The molecule has 0 saturated heterocycles. The molecule has 0 amide bonds. The third-order valence-electron chi connectivity index (χ3n) is 4.75. The van der Waals surface area contributed by atoms with E-state index in [0.717, 1.165) is 19.3 Å². The smallest absolute Gasteiger partial charge is 0.312 e. The lowest BCUT2D eigenvalue weighted by Crippen LogP contribution is -2.54. The number of rotatable bonds is 3. The van der Waals surface area contributed by atoms with Crippen LogP contribution in [0.5, 0.6) is 0 Å². The van der Waals surface area contributed by atoms with Crippen LogP contribution in [0.3, 0.4) is 0 Å². The molecule has 0 aliphatic heterocycles. The van der Waals surface area contributed by atoms with Crippen molar-refractivity contribution in [3.8, 4) is 0 Å². The third-order valence-corrected chi connectivity index (χ3v) is 4.75. The highest BCUT2D eigenvalue weighted by Crippen LogP contribution is 2.58. The van der Waals surface area contributed by atoms with Crippen molar-refractivity contribution in [2.45, 2.75) is 32.1 Å². The van der Waals surface area contributed by atoms with Gasteiger partial charge in [-0.05, 0) is 38.0 Å². The van der Waals surface area contributed by atoms with Crippen LogP contribution >= 0.6 is 0 Å². The first-order valence-corrected chi connectivity index (χ1v) is 6.46. The third kappa shape index (κ3) is 1.61. The number of aliphatic hydroxyl groups excluding tert-OH is 1. The van der Waals surface area contributed by atoms with Crippen molar-refractivity contribution in [1.82, 2.24) is 0 Å². The van der Waals surface area contributed by atoms with Gasteiger partial charge in [-0.2, -0.15) is 0 Å². The molecule has 4 saturated carbocycles. The van der Waals surface area contributed by atoms with Crippen molar-refractivity contribution in [3.05, 3.63) is 0 Å². The minimum absolute atomic E-state index is 0.0779. The first-order valence-electron chi connectivity index (χ1n) is 6.46. The standard InChI is InChI=1S/C13H18O4/c14-1-2-17-12(16)13-5-8-3-9(6-13)11(15)10(4-8)7-13/h8-10,14H,1-7H2. The molecule has 4 aliphatic rings. The van der Waals surface area contributed by atoms with Crippen LogP contribution in [0, 0.1) is 23.2 Å². The van der Waals surface area contributed by atoms with E-state index < -0.39 is 5.41 Å². The van der Waals surface area contributed by atoms with Crippen molar-refractivity contribution in [3.63, 3.8) is 0 Å². The van der Waals surface area contributed by atoms with Gasteiger partial charge in [-0.25, -0.2) is 0 Å². The first-order chi connectivity index (χ1) is 8.14. The molecule has 4 rings (SSSR count). The number of aliphatic hydroxyl groups is 1. The summed E-state index contributed by atoms with van der Waals surface area (Å²) in [6.07, 6.45) is 4.21. The molecule has 0 aromatic carbocycles. The van der Waals surface area contributed by atoms with E-state index >= 15 is 0 Å². The van der Waals surface area contributed by atoms with Crippen LogP contribution in [-0.4, -0.2) is 30.1 Å². The van der Waals surface area contributed by atoms with Crippen LogP contribution in [0.4, 0.5) is 0 Å². The van der Waals surface area contributed by atoms with Gasteiger partial charge in [0.1, 0.15) is 12.4 Å². The minimum Gasteiger partial charge on any atom is -0.463 e. The number of carbonyl (C=O) groups excluding carboxylic acids is 2. The lowest BCUT2D eigenvalue weighted by Gasteiger charge is -2.53. The topological polar surface area (TPSA) is 63.6 Å². The Hall–Kier alpha value is -0.900. The highest BCUT2D eigenvalue weighted by atomic mass is 16.5. The monoisotopic (exact) mass is 238 g/mol. The zero-order valence-electron chi connectivity index (χ0n) is 9.85. The van der Waals surface area contributed by atoms with Crippen molar-refractivity contribution in [2.75, 3.05) is 13.2 Å². The molecule has 0 heterocycles. The van der Waals surface area contributed by atoms with Gasteiger partial charge >= 0.3 is 5.97 Å². The molecule has 4 nitrogen and oxygen atoms in total. The molecule has 0 radical (unpaired) electrons. The summed E-state index contributed by atoms with van der Waals surface area (Å²) in [6, 6.07) is 0. The van der Waals surface area contributed by atoms with Gasteiger partial charge in [-0.15, -0.1) is 0 Å². The summed E-state index contributed by atoms with van der Waals surface area (Å²) in [5.74, 6) is 0.933. The summed E-state index contributed by atoms with van der Waals surface area (Å²) < 4.78 is 5.11. The maximum atomic E-state index is 12.1. The quantitative estimate of drug-likeness (QED) is 0.742. The summed E-state index contributed by atoms with van der Waals surface area (Å²) in [5.41, 5.74) is -0.403. The SMILES string of the molecule is O=C1C2CC3CC1CC(C(=O)OCCO)(C3)C2. The first kappa shape index (κ1) is 11.2. The molecule has 4 heteroatoms. The van der Waals surface area contributed by atoms with Gasteiger partial charge in [0.2, 0.25) is 0 Å². The summed E-state index contributed by atoms with van der Waals surface area (Å²) in [5, 5.41) is 8.71.